The van der Waals surface area contributed by atoms with Crippen molar-refractivity contribution in [1.29, 1.82) is 0 Å². The van der Waals surface area contributed by atoms with Crippen molar-refractivity contribution in [3.8, 4) is 0 Å². The van der Waals surface area contributed by atoms with E-state index in [1.807, 2.05) is 0 Å². The van der Waals surface area contributed by atoms with Gasteiger partial charge >= 0.3 is 0 Å². The lowest BCUT2D eigenvalue weighted by atomic mass is 9.99. The largest absolute Gasteiger partial charge is 0.388 e. The summed E-state index contributed by atoms with van der Waals surface area (Å²) in [4.78, 5) is 0. The first kappa shape index (κ1) is 24.6. The number of unbranched alkanes of at least 4 members (excludes halogenated alkanes) is 2. The van der Waals surface area contributed by atoms with E-state index in [9.17, 15) is 30.6 Å². The molecule has 0 aliphatic carbocycles. The highest BCUT2D eigenvalue weighted by molar-refractivity contribution is 4.91. The Kier molecular flexibility index (Phi) is 9.89. The molecule has 2 aliphatic heterocycles. The molecule has 0 spiro atoms. The van der Waals surface area contributed by atoms with Crippen molar-refractivity contribution in [1.82, 2.24) is 0 Å². The van der Waals surface area contributed by atoms with Crippen LogP contribution >= 0.6 is 0 Å². The second-order valence-electron chi connectivity index (χ2n) is 7.50. The molecule has 10 heteroatoms. The quantitative estimate of drug-likeness (QED) is 0.179. The first-order chi connectivity index (χ1) is 13.8. The van der Waals surface area contributed by atoms with Crippen LogP contribution in [0.2, 0.25) is 0 Å². The van der Waals surface area contributed by atoms with E-state index >= 15 is 0 Å². The SMILES string of the molecule is C=C[C@@H](CCCCC)O[C@H]1O[C@@H](CO[C@H]2OC[C@@H](O)[C@@H](O)[C@H]2O)[C@@H](O)[C@@H](O)[C@H]1O. The highest BCUT2D eigenvalue weighted by atomic mass is 16.7. The minimum absolute atomic E-state index is 0.233. The van der Waals surface area contributed by atoms with Crippen molar-refractivity contribution in [2.45, 2.75) is 94.0 Å². The van der Waals surface area contributed by atoms with E-state index in [1.54, 1.807) is 6.08 Å². The van der Waals surface area contributed by atoms with Crippen LogP contribution in [-0.4, -0.2) is 105 Å². The van der Waals surface area contributed by atoms with Crippen molar-refractivity contribution >= 4 is 0 Å². The lowest BCUT2D eigenvalue weighted by molar-refractivity contribution is -0.325. The fraction of sp³-hybridized carbons (Fsp3) is 0.895. The zero-order chi connectivity index (χ0) is 21.6. The molecule has 2 heterocycles. The number of aliphatic hydroxyl groups excluding tert-OH is 6. The van der Waals surface area contributed by atoms with E-state index in [4.69, 9.17) is 18.9 Å². The third-order valence-electron chi connectivity index (χ3n) is 5.21. The van der Waals surface area contributed by atoms with Gasteiger partial charge in [0.05, 0.1) is 19.3 Å². The molecule has 6 N–H and O–H groups in total. The van der Waals surface area contributed by atoms with Gasteiger partial charge in [-0.3, -0.25) is 0 Å². The van der Waals surface area contributed by atoms with E-state index in [-0.39, 0.29) is 13.2 Å². The molecule has 10 atom stereocenters. The number of aliphatic hydroxyl groups is 6. The van der Waals surface area contributed by atoms with E-state index < -0.39 is 61.4 Å². The van der Waals surface area contributed by atoms with Gasteiger partial charge in [-0.05, 0) is 6.42 Å². The topological polar surface area (TPSA) is 158 Å². The van der Waals surface area contributed by atoms with Gasteiger partial charge in [0.15, 0.2) is 12.6 Å². The molecule has 2 saturated heterocycles. The fourth-order valence-corrected chi connectivity index (χ4v) is 3.29. The third-order valence-corrected chi connectivity index (χ3v) is 5.21. The summed E-state index contributed by atoms with van der Waals surface area (Å²) < 4.78 is 21.8. The normalized spacial score (nSPS) is 41.8. The highest BCUT2D eigenvalue weighted by Crippen LogP contribution is 2.26. The summed E-state index contributed by atoms with van der Waals surface area (Å²) in [5, 5.41) is 59.6. The summed E-state index contributed by atoms with van der Waals surface area (Å²) in [7, 11) is 0. The lowest BCUT2D eigenvalue weighted by Gasteiger charge is -2.42. The molecule has 0 radical (unpaired) electrons. The fourth-order valence-electron chi connectivity index (χ4n) is 3.29. The van der Waals surface area contributed by atoms with Gasteiger partial charge < -0.3 is 49.6 Å². The molecule has 10 nitrogen and oxygen atoms in total. The molecule has 0 amide bonds. The molecule has 29 heavy (non-hydrogen) atoms. The maximum atomic E-state index is 10.2. The summed E-state index contributed by atoms with van der Waals surface area (Å²) in [6, 6.07) is 0. The average molecular weight is 422 g/mol. The Hall–Kier alpha value is -0.660. The number of ether oxygens (including phenoxy) is 4. The Morgan fingerprint density at radius 3 is 2.31 bits per heavy atom. The predicted molar refractivity (Wildman–Crippen MR) is 99.6 cm³/mol. The molecule has 0 aromatic heterocycles. The van der Waals surface area contributed by atoms with Crippen molar-refractivity contribution in [2.75, 3.05) is 13.2 Å². The molecule has 0 bridgehead atoms. The van der Waals surface area contributed by atoms with Gasteiger partial charge in [0.25, 0.3) is 0 Å². The van der Waals surface area contributed by atoms with Crippen LogP contribution in [0.25, 0.3) is 0 Å². The average Bonchev–Trinajstić information content (AvgIpc) is 2.71. The van der Waals surface area contributed by atoms with Crippen molar-refractivity contribution < 1.29 is 49.6 Å². The maximum absolute atomic E-state index is 10.2. The summed E-state index contributed by atoms with van der Waals surface area (Å²) in [5.41, 5.74) is 0. The Labute approximate surface area is 170 Å². The summed E-state index contributed by atoms with van der Waals surface area (Å²) in [5.74, 6) is 0. The van der Waals surface area contributed by atoms with Gasteiger partial charge in [0.2, 0.25) is 0 Å². The van der Waals surface area contributed by atoms with E-state index in [2.05, 4.69) is 13.5 Å². The summed E-state index contributed by atoms with van der Waals surface area (Å²) in [6.07, 6.45) is -7.36. The van der Waals surface area contributed by atoms with E-state index in [1.165, 1.54) is 0 Å². The van der Waals surface area contributed by atoms with Crippen molar-refractivity contribution in [3.05, 3.63) is 12.7 Å². The maximum Gasteiger partial charge on any atom is 0.187 e. The second-order valence-corrected chi connectivity index (χ2v) is 7.50. The van der Waals surface area contributed by atoms with Gasteiger partial charge in [-0.2, -0.15) is 0 Å². The summed E-state index contributed by atoms with van der Waals surface area (Å²) in [6.45, 7) is 5.24. The first-order valence-electron chi connectivity index (χ1n) is 10.0. The Morgan fingerprint density at radius 2 is 1.66 bits per heavy atom. The van der Waals surface area contributed by atoms with Gasteiger partial charge in [-0.15, -0.1) is 6.58 Å². The molecule has 0 aromatic rings. The Bertz CT molecular complexity index is 492. The molecule has 170 valence electrons. The van der Waals surface area contributed by atoms with Gasteiger partial charge in [-0.1, -0.05) is 32.3 Å². The molecule has 2 rings (SSSR count). The predicted octanol–water partition coefficient (Wildman–Crippen LogP) is -1.60. The highest BCUT2D eigenvalue weighted by Gasteiger charge is 2.46. The van der Waals surface area contributed by atoms with Crippen molar-refractivity contribution in [3.63, 3.8) is 0 Å². The molecule has 0 unspecified atom stereocenters. The van der Waals surface area contributed by atoms with Gasteiger partial charge in [0.1, 0.15) is 42.7 Å². The summed E-state index contributed by atoms with van der Waals surface area (Å²) >= 11 is 0. The third kappa shape index (κ3) is 6.41. The number of hydrogen-bond donors (Lipinski definition) is 6. The van der Waals surface area contributed by atoms with Crippen LogP contribution in [0, 0.1) is 0 Å². The Morgan fingerprint density at radius 1 is 0.966 bits per heavy atom. The lowest BCUT2D eigenvalue weighted by Crippen LogP contribution is -2.60. The molecular weight excluding hydrogens is 388 g/mol. The smallest absolute Gasteiger partial charge is 0.187 e. The van der Waals surface area contributed by atoms with Crippen LogP contribution in [0.1, 0.15) is 32.6 Å². The van der Waals surface area contributed by atoms with Crippen LogP contribution in [0.3, 0.4) is 0 Å². The van der Waals surface area contributed by atoms with Crippen LogP contribution in [0.5, 0.6) is 0 Å². The molecule has 0 saturated carbocycles. The van der Waals surface area contributed by atoms with Gasteiger partial charge in [0, 0.05) is 0 Å². The molecule has 2 aliphatic rings. The van der Waals surface area contributed by atoms with E-state index in [0.717, 1.165) is 19.3 Å². The zero-order valence-corrected chi connectivity index (χ0v) is 16.6. The minimum Gasteiger partial charge on any atom is -0.388 e. The zero-order valence-electron chi connectivity index (χ0n) is 16.6. The number of hydrogen-bond acceptors (Lipinski definition) is 10. The molecule has 2 fully saturated rings. The monoisotopic (exact) mass is 422 g/mol. The molecule has 0 aromatic carbocycles. The van der Waals surface area contributed by atoms with Gasteiger partial charge in [-0.25, -0.2) is 0 Å². The van der Waals surface area contributed by atoms with Crippen molar-refractivity contribution in [2.24, 2.45) is 0 Å². The van der Waals surface area contributed by atoms with Crippen LogP contribution in [0.4, 0.5) is 0 Å². The van der Waals surface area contributed by atoms with Crippen LogP contribution in [0.15, 0.2) is 12.7 Å². The standard InChI is InChI=1S/C19H34O10/c1-3-5-6-7-10(4-2)28-19-17(25)15(23)14(22)12(29-19)9-27-18-16(24)13(21)11(20)8-26-18/h4,10-25H,2-3,5-9H2,1H3/t10-,11+,12-,13+,14+,15+,16+,17+,18+,19-/m0/s1. The second kappa shape index (κ2) is 11.7. The Balaban J connectivity index is 1.93. The first-order valence-corrected chi connectivity index (χ1v) is 10.0. The minimum atomic E-state index is -1.53. The van der Waals surface area contributed by atoms with Crippen LogP contribution < -0.4 is 0 Å². The van der Waals surface area contributed by atoms with E-state index in [0.29, 0.717) is 6.42 Å². The van der Waals surface area contributed by atoms with Crippen LogP contribution in [-0.2, 0) is 18.9 Å². The molecular formula is C19H34O10. The number of rotatable bonds is 10.